The zero-order valence-electron chi connectivity index (χ0n) is 12.3. The highest BCUT2D eigenvalue weighted by molar-refractivity contribution is 7.08. The molecule has 0 spiro atoms. The quantitative estimate of drug-likeness (QED) is 0.685. The van der Waals surface area contributed by atoms with Crippen molar-refractivity contribution >= 4 is 22.1 Å². The molecule has 1 atom stereocenters. The Balaban J connectivity index is 2.07. The molecule has 0 aliphatic carbocycles. The van der Waals surface area contributed by atoms with Gasteiger partial charge in [0.1, 0.15) is 5.75 Å². The molecule has 21 heavy (non-hydrogen) atoms. The van der Waals surface area contributed by atoms with Gasteiger partial charge in [0, 0.05) is 17.4 Å². The maximum atomic E-state index is 6.45. The molecule has 1 aromatic heterocycles. The van der Waals surface area contributed by atoms with Gasteiger partial charge in [0.15, 0.2) is 5.72 Å². The predicted molar refractivity (Wildman–Crippen MR) is 89.9 cm³/mol. The molecule has 0 saturated heterocycles. The van der Waals surface area contributed by atoms with Gasteiger partial charge in [-0.3, -0.25) is 5.32 Å². The first-order valence-corrected chi connectivity index (χ1v) is 8.12. The predicted octanol–water partition coefficient (Wildman–Crippen LogP) is 4.76. The zero-order valence-corrected chi connectivity index (χ0v) is 13.1. The van der Waals surface area contributed by atoms with E-state index in [0.717, 1.165) is 17.6 Å². The Morgan fingerprint density at radius 2 is 1.90 bits per heavy atom. The average molecular weight is 297 g/mol. The van der Waals surface area contributed by atoms with Crippen molar-refractivity contribution in [2.24, 2.45) is 0 Å². The number of benzene rings is 2. The maximum Gasteiger partial charge on any atom is 0.187 e. The third-order valence-corrected chi connectivity index (χ3v) is 4.61. The summed E-state index contributed by atoms with van der Waals surface area (Å²) < 4.78 is 6.45. The summed E-state index contributed by atoms with van der Waals surface area (Å²) in [6, 6.07) is 16.6. The molecule has 3 aromatic rings. The standard InChI is InChI=1S/C18H19NOS/c1-3-18(19-2,15-11-12-21-13-15)20-17-10-6-8-14-7-4-5-9-16(14)17/h4-13,19H,3H2,1-2H3. The van der Waals surface area contributed by atoms with Crippen LogP contribution in [-0.2, 0) is 5.72 Å². The van der Waals surface area contributed by atoms with Gasteiger partial charge in [-0.2, -0.15) is 11.3 Å². The molecular weight excluding hydrogens is 278 g/mol. The smallest absolute Gasteiger partial charge is 0.187 e. The van der Waals surface area contributed by atoms with E-state index in [-0.39, 0.29) is 0 Å². The summed E-state index contributed by atoms with van der Waals surface area (Å²) in [4.78, 5) is 0. The Hall–Kier alpha value is -1.84. The van der Waals surface area contributed by atoms with Crippen LogP contribution in [0.3, 0.4) is 0 Å². The minimum absolute atomic E-state index is 0.482. The molecule has 3 heteroatoms. The molecule has 0 radical (unpaired) electrons. The third-order valence-electron chi connectivity index (χ3n) is 3.92. The lowest BCUT2D eigenvalue weighted by Crippen LogP contribution is -2.44. The van der Waals surface area contributed by atoms with E-state index in [9.17, 15) is 0 Å². The summed E-state index contributed by atoms with van der Waals surface area (Å²) in [5, 5.41) is 9.93. The van der Waals surface area contributed by atoms with Gasteiger partial charge in [-0.15, -0.1) is 0 Å². The highest BCUT2D eigenvalue weighted by Crippen LogP contribution is 2.34. The zero-order chi connectivity index (χ0) is 14.7. The number of rotatable bonds is 5. The van der Waals surface area contributed by atoms with Crippen LogP contribution >= 0.6 is 11.3 Å². The Bertz CT molecular complexity index is 712. The normalized spacial score (nSPS) is 14.0. The fourth-order valence-electron chi connectivity index (χ4n) is 2.67. The van der Waals surface area contributed by atoms with Gasteiger partial charge in [0.05, 0.1) is 0 Å². The van der Waals surface area contributed by atoms with Crippen LogP contribution in [-0.4, -0.2) is 7.05 Å². The van der Waals surface area contributed by atoms with Crippen molar-refractivity contribution in [3.05, 3.63) is 64.9 Å². The largest absolute Gasteiger partial charge is 0.468 e. The fraction of sp³-hybridized carbons (Fsp3) is 0.222. The maximum absolute atomic E-state index is 6.45. The van der Waals surface area contributed by atoms with Crippen LogP contribution in [0.2, 0.25) is 0 Å². The third kappa shape index (κ3) is 2.55. The second-order valence-corrected chi connectivity index (χ2v) is 5.80. The van der Waals surface area contributed by atoms with Gasteiger partial charge in [0.25, 0.3) is 0 Å². The number of thiophene rings is 1. The summed E-state index contributed by atoms with van der Waals surface area (Å²) in [5.41, 5.74) is 0.690. The molecule has 0 bridgehead atoms. The molecule has 1 unspecified atom stereocenters. The highest BCUT2D eigenvalue weighted by atomic mass is 32.1. The van der Waals surface area contributed by atoms with Crippen LogP contribution in [0.15, 0.2) is 59.3 Å². The number of ether oxygens (including phenoxy) is 1. The molecule has 0 saturated carbocycles. The lowest BCUT2D eigenvalue weighted by Gasteiger charge is -2.33. The van der Waals surface area contributed by atoms with Gasteiger partial charge in [-0.1, -0.05) is 43.3 Å². The molecule has 108 valence electrons. The van der Waals surface area contributed by atoms with E-state index < -0.39 is 5.72 Å². The molecule has 3 rings (SSSR count). The summed E-state index contributed by atoms with van der Waals surface area (Å²) in [6.07, 6.45) is 0.851. The number of fused-ring (bicyclic) bond motifs is 1. The Kier molecular flexibility index (Phi) is 3.95. The van der Waals surface area contributed by atoms with E-state index in [1.54, 1.807) is 11.3 Å². The summed E-state index contributed by atoms with van der Waals surface area (Å²) in [6.45, 7) is 2.14. The first kappa shape index (κ1) is 14.1. The molecular formula is C18H19NOS. The van der Waals surface area contributed by atoms with E-state index in [0.29, 0.717) is 0 Å². The topological polar surface area (TPSA) is 21.3 Å². The molecule has 0 fully saturated rings. The van der Waals surface area contributed by atoms with Crippen LogP contribution in [0.25, 0.3) is 10.8 Å². The van der Waals surface area contributed by atoms with Gasteiger partial charge >= 0.3 is 0 Å². The van der Waals surface area contributed by atoms with Crippen molar-refractivity contribution < 1.29 is 4.74 Å². The van der Waals surface area contributed by atoms with Crippen molar-refractivity contribution in [3.63, 3.8) is 0 Å². The van der Waals surface area contributed by atoms with Crippen LogP contribution in [0.5, 0.6) is 5.75 Å². The first-order chi connectivity index (χ1) is 10.3. The van der Waals surface area contributed by atoms with Crippen LogP contribution < -0.4 is 10.1 Å². The molecule has 0 aliphatic rings. The van der Waals surface area contributed by atoms with E-state index in [1.807, 2.05) is 25.2 Å². The average Bonchev–Trinajstić information content (AvgIpc) is 3.08. The van der Waals surface area contributed by atoms with E-state index in [1.165, 1.54) is 10.9 Å². The Labute approximate surface area is 129 Å². The van der Waals surface area contributed by atoms with E-state index in [2.05, 4.69) is 53.3 Å². The highest BCUT2D eigenvalue weighted by Gasteiger charge is 2.31. The van der Waals surface area contributed by atoms with E-state index in [4.69, 9.17) is 4.74 Å². The van der Waals surface area contributed by atoms with Crippen LogP contribution in [0.4, 0.5) is 0 Å². The molecule has 0 aliphatic heterocycles. The second-order valence-electron chi connectivity index (χ2n) is 5.02. The monoisotopic (exact) mass is 297 g/mol. The van der Waals surface area contributed by atoms with Crippen molar-refractivity contribution in [1.29, 1.82) is 0 Å². The lowest BCUT2D eigenvalue weighted by molar-refractivity contribution is 0.0347. The van der Waals surface area contributed by atoms with Crippen molar-refractivity contribution in [2.45, 2.75) is 19.1 Å². The Morgan fingerprint density at radius 3 is 2.62 bits per heavy atom. The molecule has 2 nitrogen and oxygen atoms in total. The second kappa shape index (κ2) is 5.88. The summed E-state index contributed by atoms with van der Waals surface area (Å²) >= 11 is 1.69. The molecule has 1 N–H and O–H groups in total. The first-order valence-electron chi connectivity index (χ1n) is 7.17. The fourth-order valence-corrected chi connectivity index (χ4v) is 3.39. The lowest BCUT2D eigenvalue weighted by atomic mass is 10.0. The molecule has 0 amide bonds. The van der Waals surface area contributed by atoms with Gasteiger partial charge in [-0.05, 0) is 35.3 Å². The summed E-state index contributed by atoms with van der Waals surface area (Å²) in [5.74, 6) is 0.913. The number of hydrogen-bond acceptors (Lipinski definition) is 3. The SMILES string of the molecule is CCC(NC)(Oc1cccc2ccccc12)c1ccsc1. The van der Waals surface area contributed by atoms with Crippen molar-refractivity contribution in [3.8, 4) is 5.75 Å². The van der Waals surface area contributed by atoms with Crippen LogP contribution in [0.1, 0.15) is 18.9 Å². The van der Waals surface area contributed by atoms with Gasteiger partial charge in [-0.25, -0.2) is 0 Å². The van der Waals surface area contributed by atoms with Gasteiger partial charge < -0.3 is 4.74 Å². The van der Waals surface area contributed by atoms with Crippen LogP contribution in [0, 0.1) is 0 Å². The van der Waals surface area contributed by atoms with Crippen molar-refractivity contribution in [1.82, 2.24) is 5.32 Å². The summed E-state index contributed by atoms with van der Waals surface area (Å²) in [7, 11) is 1.95. The minimum atomic E-state index is -0.482. The van der Waals surface area contributed by atoms with E-state index >= 15 is 0 Å². The van der Waals surface area contributed by atoms with Gasteiger partial charge in [0.2, 0.25) is 0 Å². The number of nitrogens with one attached hydrogen (secondary N) is 1. The molecule has 2 aromatic carbocycles. The molecule has 1 heterocycles. The minimum Gasteiger partial charge on any atom is -0.468 e. The number of hydrogen-bond donors (Lipinski definition) is 1. The van der Waals surface area contributed by atoms with Crippen molar-refractivity contribution in [2.75, 3.05) is 7.05 Å². The Morgan fingerprint density at radius 1 is 1.10 bits per heavy atom.